The van der Waals surface area contributed by atoms with Crippen LogP contribution in [0.3, 0.4) is 0 Å². The van der Waals surface area contributed by atoms with Crippen molar-refractivity contribution in [2.24, 2.45) is 0 Å². The zero-order valence-electron chi connectivity index (χ0n) is 11.4. The van der Waals surface area contributed by atoms with E-state index in [1.807, 2.05) is 0 Å². The van der Waals surface area contributed by atoms with E-state index in [4.69, 9.17) is 4.74 Å². The standard InChI is InChI=1S/C15H12F3NO3/c16-15(17,18)12-8-11(9-4-1-2-5-10(9)19-12)22-14(13(20)21)6-3-7-14/h1-2,4-5,8H,3,6-7H2,(H,20,21). The van der Waals surface area contributed by atoms with Crippen molar-refractivity contribution in [2.75, 3.05) is 0 Å². The van der Waals surface area contributed by atoms with E-state index in [1.165, 1.54) is 6.07 Å². The molecule has 1 saturated carbocycles. The number of rotatable bonds is 3. The van der Waals surface area contributed by atoms with Gasteiger partial charge in [0.2, 0.25) is 5.60 Å². The lowest BCUT2D eigenvalue weighted by Crippen LogP contribution is -2.50. The summed E-state index contributed by atoms with van der Waals surface area (Å²) in [6.45, 7) is 0. The number of alkyl halides is 3. The van der Waals surface area contributed by atoms with Gasteiger partial charge in [0.05, 0.1) is 5.52 Å². The van der Waals surface area contributed by atoms with E-state index >= 15 is 0 Å². The zero-order valence-corrected chi connectivity index (χ0v) is 11.4. The predicted molar refractivity (Wildman–Crippen MR) is 71.6 cm³/mol. The SMILES string of the molecule is O=C(O)C1(Oc2cc(C(F)(F)F)nc3ccccc23)CCC1. The van der Waals surface area contributed by atoms with Crippen molar-refractivity contribution in [3.63, 3.8) is 0 Å². The van der Waals surface area contributed by atoms with Crippen molar-refractivity contribution >= 4 is 16.9 Å². The molecule has 1 aromatic carbocycles. The van der Waals surface area contributed by atoms with Crippen LogP contribution in [-0.4, -0.2) is 21.7 Å². The summed E-state index contributed by atoms with van der Waals surface area (Å²) in [5, 5.41) is 9.65. The fraction of sp³-hybridized carbons (Fsp3) is 0.333. The number of aliphatic carboxylic acids is 1. The lowest BCUT2D eigenvalue weighted by atomic mass is 9.80. The topological polar surface area (TPSA) is 59.4 Å². The van der Waals surface area contributed by atoms with E-state index in [1.54, 1.807) is 18.2 Å². The van der Waals surface area contributed by atoms with Crippen LogP contribution in [0.25, 0.3) is 10.9 Å². The third-order valence-corrected chi connectivity index (χ3v) is 3.82. The molecule has 7 heteroatoms. The van der Waals surface area contributed by atoms with Crippen LogP contribution in [0, 0.1) is 0 Å². The van der Waals surface area contributed by atoms with E-state index in [0.29, 0.717) is 11.8 Å². The molecule has 1 fully saturated rings. The van der Waals surface area contributed by atoms with Crippen LogP contribution in [-0.2, 0) is 11.0 Å². The summed E-state index contributed by atoms with van der Waals surface area (Å²) in [7, 11) is 0. The number of pyridine rings is 1. The summed E-state index contributed by atoms with van der Waals surface area (Å²) in [6.07, 6.45) is -3.40. The molecule has 1 aliphatic rings. The minimum Gasteiger partial charge on any atom is -0.478 e. The number of hydrogen-bond acceptors (Lipinski definition) is 3. The first-order chi connectivity index (χ1) is 10.3. The molecule has 0 aliphatic heterocycles. The molecule has 0 spiro atoms. The molecule has 0 unspecified atom stereocenters. The fourth-order valence-corrected chi connectivity index (χ4v) is 2.44. The van der Waals surface area contributed by atoms with Gasteiger partial charge in [-0.3, -0.25) is 0 Å². The molecular weight excluding hydrogens is 299 g/mol. The van der Waals surface area contributed by atoms with Gasteiger partial charge in [-0.1, -0.05) is 12.1 Å². The Morgan fingerprint density at radius 3 is 2.50 bits per heavy atom. The molecule has 0 radical (unpaired) electrons. The number of carboxylic acids is 1. The van der Waals surface area contributed by atoms with Crippen LogP contribution >= 0.6 is 0 Å². The average molecular weight is 311 g/mol. The molecule has 22 heavy (non-hydrogen) atoms. The van der Waals surface area contributed by atoms with Gasteiger partial charge >= 0.3 is 12.1 Å². The Kier molecular flexibility index (Phi) is 3.23. The maximum Gasteiger partial charge on any atom is 0.433 e. The highest BCUT2D eigenvalue weighted by Crippen LogP contribution is 2.41. The molecule has 0 atom stereocenters. The predicted octanol–water partition coefficient (Wildman–Crippen LogP) is 3.64. The van der Waals surface area contributed by atoms with Gasteiger partial charge in [-0.05, 0) is 31.4 Å². The number of carbonyl (C=O) groups is 1. The lowest BCUT2D eigenvalue weighted by Gasteiger charge is -2.38. The molecule has 0 amide bonds. The zero-order chi connectivity index (χ0) is 16.0. The van der Waals surface area contributed by atoms with E-state index in [2.05, 4.69) is 4.98 Å². The van der Waals surface area contributed by atoms with Crippen molar-refractivity contribution in [1.82, 2.24) is 4.98 Å². The first-order valence-electron chi connectivity index (χ1n) is 6.71. The van der Waals surface area contributed by atoms with Gasteiger partial charge in [0.15, 0.2) is 0 Å². The number of para-hydroxylation sites is 1. The van der Waals surface area contributed by atoms with Crippen LogP contribution in [0.5, 0.6) is 5.75 Å². The largest absolute Gasteiger partial charge is 0.478 e. The van der Waals surface area contributed by atoms with Crippen LogP contribution < -0.4 is 4.74 Å². The summed E-state index contributed by atoms with van der Waals surface area (Å²) >= 11 is 0. The molecule has 0 saturated heterocycles. The quantitative estimate of drug-likeness (QED) is 0.940. The second-order valence-corrected chi connectivity index (χ2v) is 5.28. The Bertz CT molecular complexity index is 738. The highest BCUT2D eigenvalue weighted by atomic mass is 19.4. The molecule has 1 heterocycles. The Hall–Kier alpha value is -2.31. The number of carboxylic acid groups (broad SMARTS) is 1. The summed E-state index contributed by atoms with van der Waals surface area (Å²) in [6, 6.07) is 6.97. The number of halogens is 3. The minimum absolute atomic E-state index is 0.0972. The molecule has 1 aliphatic carbocycles. The highest BCUT2D eigenvalue weighted by molar-refractivity contribution is 5.86. The number of hydrogen-bond donors (Lipinski definition) is 1. The number of ether oxygens (including phenoxy) is 1. The normalized spacial score (nSPS) is 17.0. The highest BCUT2D eigenvalue weighted by Gasteiger charge is 2.47. The third-order valence-electron chi connectivity index (χ3n) is 3.82. The Morgan fingerprint density at radius 2 is 1.95 bits per heavy atom. The molecule has 116 valence electrons. The van der Waals surface area contributed by atoms with Crippen molar-refractivity contribution in [3.8, 4) is 5.75 Å². The summed E-state index contributed by atoms with van der Waals surface area (Å²) in [4.78, 5) is 14.9. The maximum absolute atomic E-state index is 12.9. The van der Waals surface area contributed by atoms with Gasteiger partial charge in [0, 0.05) is 11.5 Å². The van der Waals surface area contributed by atoms with Crippen LogP contribution in [0.1, 0.15) is 25.0 Å². The number of aromatic nitrogens is 1. The number of fused-ring (bicyclic) bond motifs is 1. The van der Waals surface area contributed by atoms with Gasteiger partial charge in [-0.15, -0.1) is 0 Å². The molecule has 3 rings (SSSR count). The average Bonchev–Trinajstić information content (AvgIpc) is 2.41. The van der Waals surface area contributed by atoms with Gasteiger partial charge < -0.3 is 9.84 Å². The monoisotopic (exact) mass is 311 g/mol. The molecule has 2 aromatic rings. The first kappa shape index (κ1) is 14.6. The van der Waals surface area contributed by atoms with Crippen LogP contribution in [0.4, 0.5) is 13.2 Å². The minimum atomic E-state index is -4.63. The van der Waals surface area contributed by atoms with Crippen LogP contribution in [0.2, 0.25) is 0 Å². The second kappa shape index (κ2) is 4.86. The Labute approximate surface area is 123 Å². The van der Waals surface area contributed by atoms with Gasteiger partial charge in [0.1, 0.15) is 11.4 Å². The van der Waals surface area contributed by atoms with Crippen molar-refractivity contribution in [3.05, 3.63) is 36.0 Å². The molecule has 0 bridgehead atoms. The molecule has 4 nitrogen and oxygen atoms in total. The van der Waals surface area contributed by atoms with Crippen molar-refractivity contribution < 1.29 is 27.8 Å². The first-order valence-corrected chi connectivity index (χ1v) is 6.71. The number of benzene rings is 1. The van der Waals surface area contributed by atoms with Gasteiger partial charge in [-0.25, -0.2) is 9.78 Å². The van der Waals surface area contributed by atoms with Gasteiger partial charge in [0.25, 0.3) is 0 Å². The van der Waals surface area contributed by atoms with E-state index in [0.717, 1.165) is 6.07 Å². The summed E-state index contributed by atoms with van der Waals surface area (Å²) < 4.78 is 44.4. The fourth-order valence-electron chi connectivity index (χ4n) is 2.44. The second-order valence-electron chi connectivity index (χ2n) is 5.28. The molecule has 1 aromatic heterocycles. The molecule has 1 N–H and O–H groups in total. The van der Waals surface area contributed by atoms with E-state index in [-0.39, 0.29) is 24.1 Å². The molecular formula is C15H12F3NO3. The van der Waals surface area contributed by atoms with E-state index in [9.17, 15) is 23.1 Å². The Morgan fingerprint density at radius 1 is 1.27 bits per heavy atom. The maximum atomic E-state index is 12.9. The van der Waals surface area contributed by atoms with Crippen LogP contribution in [0.15, 0.2) is 30.3 Å². The van der Waals surface area contributed by atoms with Crippen molar-refractivity contribution in [2.45, 2.75) is 31.0 Å². The van der Waals surface area contributed by atoms with E-state index < -0.39 is 23.4 Å². The smallest absolute Gasteiger partial charge is 0.433 e. The summed E-state index contributed by atoms with van der Waals surface area (Å²) in [5.41, 5.74) is -2.42. The summed E-state index contributed by atoms with van der Waals surface area (Å²) in [5.74, 6) is -1.26. The van der Waals surface area contributed by atoms with Gasteiger partial charge in [-0.2, -0.15) is 13.2 Å². The van der Waals surface area contributed by atoms with Crippen molar-refractivity contribution in [1.29, 1.82) is 0 Å². The lowest BCUT2D eigenvalue weighted by molar-refractivity contribution is -0.163. The third kappa shape index (κ3) is 2.36. The number of nitrogens with zero attached hydrogens (tertiary/aromatic N) is 1. The Balaban J connectivity index is 2.13.